The van der Waals surface area contributed by atoms with E-state index in [4.69, 9.17) is 9.57 Å². The molecular formula is C26H27F2N3O6. The van der Waals surface area contributed by atoms with Gasteiger partial charge in [-0.2, -0.15) is 0 Å². The number of carbonyl (C=O) groups is 3. The molecule has 196 valence electrons. The van der Waals surface area contributed by atoms with E-state index in [-0.39, 0.29) is 67.2 Å². The highest BCUT2D eigenvalue weighted by atomic mass is 19.1. The minimum absolute atomic E-state index is 0.00745. The highest BCUT2D eigenvalue weighted by molar-refractivity contribution is 5.96. The first kappa shape index (κ1) is 24.9. The smallest absolute Gasteiger partial charge is 0.414 e. The first-order valence-electron chi connectivity index (χ1n) is 12.3. The van der Waals surface area contributed by atoms with Gasteiger partial charge in [-0.1, -0.05) is 12.1 Å². The number of anilines is 2. The summed E-state index contributed by atoms with van der Waals surface area (Å²) in [5.41, 5.74) is -0.198. The predicted octanol–water partition coefficient (Wildman–Crippen LogP) is 3.65. The van der Waals surface area contributed by atoms with Gasteiger partial charge in [0.1, 0.15) is 23.3 Å². The minimum Gasteiger partial charge on any atom is -0.507 e. The third-order valence-electron chi connectivity index (χ3n) is 6.79. The highest BCUT2D eigenvalue weighted by Crippen LogP contribution is 2.34. The van der Waals surface area contributed by atoms with Crippen molar-refractivity contribution < 1.29 is 37.8 Å². The number of nitrogens with zero attached hydrogens (tertiary/aromatic N) is 3. The molecule has 37 heavy (non-hydrogen) atoms. The van der Waals surface area contributed by atoms with Crippen LogP contribution in [0.4, 0.5) is 25.0 Å². The van der Waals surface area contributed by atoms with Crippen LogP contribution in [-0.2, 0) is 14.4 Å². The number of cyclic esters (lactones) is 1. The molecule has 0 aromatic heterocycles. The summed E-state index contributed by atoms with van der Waals surface area (Å²) >= 11 is 0. The number of halogens is 2. The first-order chi connectivity index (χ1) is 17.8. The molecule has 3 fully saturated rings. The van der Waals surface area contributed by atoms with E-state index in [1.54, 1.807) is 12.1 Å². The molecule has 9 nitrogen and oxygen atoms in total. The summed E-state index contributed by atoms with van der Waals surface area (Å²) < 4.78 is 35.6. The Morgan fingerprint density at radius 3 is 2.49 bits per heavy atom. The maximum Gasteiger partial charge on any atom is 0.414 e. The van der Waals surface area contributed by atoms with Crippen LogP contribution in [-0.4, -0.2) is 66.8 Å². The molecule has 2 aliphatic heterocycles. The van der Waals surface area contributed by atoms with Crippen molar-refractivity contribution in [1.29, 1.82) is 0 Å². The summed E-state index contributed by atoms with van der Waals surface area (Å²) in [5, 5.41) is 11.0. The number of hydrogen-bond donors (Lipinski definition) is 1. The number of phenols is 1. The van der Waals surface area contributed by atoms with Crippen molar-refractivity contribution in [3.8, 4) is 5.75 Å². The van der Waals surface area contributed by atoms with Crippen molar-refractivity contribution in [2.24, 2.45) is 5.92 Å². The third kappa shape index (κ3) is 5.36. The van der Waals surface area contributed by atoms with Crippen LogP contribution in [0, 0.1) is 17.6 Å². The van der Waals surface area contributed by atoms with Gasteiger partial charge in [-0.25, -0.2) is 18.6 Å². The van der Waals surface area contributed by atoms with Gasteiger partial charge in [-0.3, -0.25) is 19.3 Å². The van der Waals surface area contributed by atoms with Crippen LogP contribution in [0.1, 0.15) is 36.0 Å². The van der Waals surface area contributed by atoms with E-state index in [9.17, 15) is 19.5 Å². The van der Waals surface area contributed by atoms with Gasteiger partial charge in [0.05, 0.1) is 30.9 Å². The molecule has 1 aliphatic carbocycles. The van der Waals surface area contributed by atoms with Crippen LogP contribution >= 0.6 is 0 Å². The molecule has 1 atom stereocenters. The van der Waals surface area contributed by atoms with Gasteiger partial charge in [0.25, 0.3) is 5.91 Å². The second kappa shape index (κ2) is 10.3. The average molecular weight is 516 g/mol. The standard InChI is InChI=1S/C26H27F2N3O6/c27-20-13-17(30-15-18(37-26(30)35)7-8-22(32)16-5-6-16)14-21(28)24(20)29-9-10-31(36-12-11-29)25(34)19-3-1-2-4-23(19)33/h1-4,13-14,16,18,33H,5-12,15H2/t18-/m0/s1. The van der Waals surface area contributed by atoms with Crippen LogP contribution < -0.4 is 9.80 Å². The van der Waals surface area contributed by atoms with Gasteiger partial charge in [0, 0.05) is 37.6 Å². The van der Waals surface area contributed by atoms with Gasteiger partial charge >= 0.3 is 6.09 Å². The lowest BCUT2D eigenvalue weighted by Gasteiger charge is -2.24. The fraction of sp³-hybridized carbons (Fsp3) is 0.423. The van der Waals surface area contributed by atoms with E-state index in [1.807, 2.05) is 0 Å². The molecule has 5 rings (SSSR count). The van der Waals surface area contributed by atoms with Crippen molar-refractivity contribution >= 4 is 29.2 Å². The fourth-order valence-electron chi connectivity index (χ4n) is 4.63. The Bertz CT molecular complexity index is 1200. The predicted molar refractivity (Wildman–Crippen MR) is 128 cm³/mol. The molecule has 0 spiro atoms. The number of rotatable bonds is 7. The lowest BCUT2D eigenvalue weighted by Crippen LogP contribution is -2.35. The second-order valence-electron chi connectivity index (χ2n) is 9.40. The molecule has 2 heterocycles. The van der Waals surface area contributed by atoms with Crippen molar-refractivity contribution in [3.63, 3.8) is 0 Å². The molecule has 3 aliphatic rings. The number of para-hydroxylation sites is 1. The van der Waals surface area contributed by atoms with Gasteiger partial charge < -0.3 is 14.7 Å². The zero-order chi connectivity index (χ0) is 26.1. The molecule has 0 unspecified atom stereocenters. The van der Waals surface area contributed by atoms with E-state index in [0.29, 0.717) is 12.8 Å². The maximum absolute atomic E-state index is 15.2. The summed E-state index contributed by atoms with van der Waals surface area (Å²) in [7, 11) is 0. The van der Waals surface area contributed by atoms with Crippen LogP contribution in [0.5, 0.6) is 5.75 Å². The number of aromatic hydroxyl groups is 1. The Balaban J connectivity index is 1.24. The molecule has 2 aromatic rings. The summed E-state index contributed by atoms with van der Waals surface area (Å²) in [6, 6.07) is 8.19. The SMILES string of the molecule is O=C(CC[C@H]1CN(c2cc(F)c(N3CCON(C(=O)c4ccccc4O)CC3)c(F)c2)C(=O)O1)C1CC1. The molecule has 2 amide bonds. The number of ketones is 1. The van der Waals surface area contributed by atoms with Crippen molar-refractivity contribution in [2.75, 3.05) is 42.6 Å². The summed E-state index contributed by atoms with van der Waals surface area (Å²) in [4.78, 5) is 45.1. The van der Waals surface area contributed by atoms with Crippen molar-refractivity contribution in [2.45, 2.75) is 31.8 Å². The normalized spacial score (nSPS) is 20.1. The molecule has 1 saturated carbocycles. The molecule has 0 bridgehead atoms. The highest BCUT2D eigenvalue weighted by Gasteiger charge is 2.36. The Morgan fingerprint density at radius 1 is 1.05 bits per heavy atom. The summed E-state index contributed by atoms with van der Waals surface area (Å²) in [6.45, 7) is 0.291. The van der Waals surface area contributed by atoms with Crippen LogP contribution in [0.2, 0.25) is 0 Å². The monoisotopic (exact) mass is 515 g/mol. The maximum atomic E-state index is 15.2. The zero-order valence-electron chi connectivity index (χ0n) is 20.1. The molecule has 1 N–H and O–H groups in total. The Hall–Kier alpha value is -3.73. The van der Waals surface area contributed by atoms with Gasteiger partial charge in [0.15, 0.2) is 11.6 Å². The largest absolute Gasteiger partial charge is 0.507 e. The van der Waals surface area contributed by atoms with Crippen molar-refractivity contribution in [1.82, 2.24) is 5.06 Å². The van der Waals surface area contributed by atoms with Gasteiger partial charge in [-0.05, 0) is 31.4 Å². The van der Waals surface area contributed by atoms with Crippen molar-refractivity contribution in [3.05, 3.63) is 53.6 Å². The van der Waals surface area contributed by atoms with E-state index in [1.165, 1.54) is 21.9 Å². The quantitative estimate of drug-likeness (QED) is 0.601. The number of Topliss-reactive ketones (excluding diaryl/α,β-unsaturated/α-hetero) is 1. The molecular weight excluding hydrogens is 488 g/mol. The zero-order valence-corrected chi connectivity index (χ0v) is 20.1. The van der Waals surface area contributed by atoms with Crippen LogP contribution in [0.15, 0.2) is 36.4 Å². The fourth-order valence-corrected chi connectivity index (χ4v) is 4.63. The molecule has 11 heteroatoms. The van der Waals surface area contributed by atoms with Gasteiger partial charge in [-0.15, -0.1) is 0 Å². The summed E-state index contributed by atoms with van der Waals surface area (Å²) in [5.74, 6) is -2.19. The number of benzene rings is 2. The number of hydroxylamine groups is 2. The van der Waals surface area contributed by atoms with E-state index < -0.39 is 29.7 Å². The Morgan fingerprint density at radius 2 is 1.78 bits per heavy atom. The van der Waals surface area contributed by atoms with Crippen LogP contribution in [0.25, 0.3) is 0 Å². The molecule has 2 aromatic carbocycles. The number of amides is 2. The number of carbonyl (C=O) groups excluding carboxylic acids is 3. The first-order valence-corrected chi connectivity index (χ1v) is 12.3. The van der Waals surface area contributed by atoms with E-state index >= 15 is 8.78 Å². The van der Waals surface area contributed by atoms with E-state index in [2.05, 4.69) is 0 Å². The van der Waals surface area contributed by atoms with Gasteiger partial charge in [0.2, 0.25) is 0 Å². The minimum atomic E-state index is -0.865. The number of hydrogen-bond acceptors (Lipinski definition) is 7. The lowest BCUT2D eigenvalue weighted by atomic mass is 10.1. The van der Waals surface area contributed by atoms with E-state index in [0.717, 1.165) is 30.0 Å². The third-order valence-corrected chi connectivity index (χ3v) is 6.79. The number of phenolic OH excluding ortho intramolecular Hbond substituents is 1. The lowest BCUT2D eigenvalue weighted by molar-refractivity contribution is -0.120. The molecule has 2 saturated heterocycles. The average Bonchev–Trinajstić information content (AvgIpc) is 3.68. The Kier molecular flexibility index (Phi) is 6.96. The topological polar surface area (TPSA) is 99.6 Å². The Labute approximate surface area is 212 Å². The number of ether oxygens (including phenoxy) is 1. The molecule has 0 radical (unpaired) electrons. The summed E-state index contributed by atoms with van der Waals surface area (Å²) in [6.07, 6.45) is 1.29. The second-order valence-corrected chi connectivity index (χ2v) is 9.40. The van der Waals surface area contributed by atoms with Crippen LogP contribution in [0.3, 0.4) is 0 Å².